The second-order valence-electron chi connectivity index (χ2n) is 5.13. The summed E-state index contributed by atoms with van der Waals surface area (Å²) >= 11 is 12.3. The molecule has 0 aliphatic carbocycles. The lowest BCUT2D eigenvalue weighted by Crippen LogP contribution is -2.29. The summed E-state index contributed by atoms with van der Waals surface area (Å²) in [6.07, 6.45) is 0.883. The van der Waals surface area contributed by atoms with Crippen molar-refractivity contribution in [2.24, 2.45) is 5.92 Å². The van der Waals surface area contributed by atoms with Crippen LogP contribution in [-0.2, 0) is 16.6 Å². The predicted molar refractivity (Wildman–Crippen MR) is 81.8 cm³/mol. The van der Waals surface area contributed by atoms with Crippen LogP contribution >= 0.6 is 23.2 Å². The zero-order chi connectivity index (χ0) is 14.9. The third-order valence-corrected chi connectivity index (χ3v) is 6.31. The third-order valence-electron chi connectivity index (χ3n) is 3.51. The van der Waals surface area contributed by atoms with Gasteiger partial charge in [0.05, 0.1) is 5.02 Å². The van der Waals surface area contributed by atoms with Crippen LogP contribution in [0.4, 0.5) is 0 Å². The maximum Gasteiger partial charge on any atom is 0.244 e. The van der Waals surface area contributed by atoms with Gasteiger partial charge in [-0.2, -0.15) is 4.31 Å². The van der Waals surface area contributed by atoms with Gasteiger partial charge in [-0.15, -0.1) is 0 Å². The summed E-state index contributed by atoms with van der Waals surface area (Å²) in [5, 5.41) is 3.63. The zero-order valence-electron chi connectivity index (χ0n) is 11.5. The number of benzene rings is 1. The van der Waals surface area contributed by atoms with Crippen LogP contribution < -0.4 is 5.32 Å². The van der Waals surface area contributed by atoms with Crippen molar-refractivity contribution in [2.45, 2.75) is 24.8 Å². The summed E-state index contributed by atoms with van der Waals surface area (Å²) in [6, 6.07) is 3.08. The Morgan fingerprint density at radius 2 is 2.10 bits per heavy atom. The van der Waals surface area contributed by atoms with Gasteiger partial charge < -0.3 is 5.32 Å². The largest absolute Gasteiger partial charge is 0.316 e. The van der Waals surface area contributed by atoms with Crippen molar-refractivity contribution in [3.05, 3.63) is 27.7 Å². The molecule has 0 saturated carbocycles. The lowest BCUT2D eigenvalue weighted by atomic mass is 10.2. The van der Waals surface area contributed by atoms with Gasteiger partial charge in [0.2, 0.25) is 10.0 Å². The molecule has 4 nitrogen and oxygen atoms in total. The van der Waals surface area contributed by atoms with Crippen molar-refractivity contribution in [3.8, 4) is 0 Å². The van der Waals surface area contributed by atoms with Gasteiger partial charge in [-0.05, 0) is 31.5 Å². The molecule has 1 aromatic rings. The quantitative estimate of drug-likeness (QED) is 0.919. The van der Waals surface area contributed by atoms with E-state index in [1.165, 1.54) is 10.4 Å². The van der Waals surface area contributed by atoms with Crippen molar-refractivity contribution >= 4 is 33.2 Å². The van der Waals surface area contributed by atoms with Gasteiger partial charge in [0, 0.05) is 30.2 Å². The molecule has 0 spiro atoms. The van der Waals surface area contributed by atoms with Crippen LogP contribution in [0.2, 0.25) is 10.0 Å². The summed E-state index contributed by atoms with van der Waals surface area (Å²) in [5.74, 6) is 0.382. The minimum Gasteiger partial charge on any atom is -0.316 e. The number of hydrogen-bond donors (Lipinski definition) is 1. The van der Waals surface area contributed by atoms with Crippen LogP contribution in [-0.4, -0.2) is 32.9 Å². The molecule has 0 radical (unpaired) electrons. The Hall–Kier alpha value is -0.330. The van der Waals surface area contributed by atoms with Gasteiger partial charge in [0.1, 0.15) is 4.90 Å². The first-order valence-electron chi connectivity index (χ1n) is 6.49. The molecule has 1 heterocycles. The van der Waals surface area contributed by atoms with Crippen LogP contribution in [0.3, 0.4) is 0 Å². The molecule has 1 atom stereocenters. The fourth-order valence-corrected chi connectivity index (χ4v) is 4.83. The molecule has 1 aliphatic rings. The second kappa shape index (κ2) is 6.20. The summed E-state index contributed by atoms with van der Waals surface area (Å²) in [4.78, 5) is 0.142. The normalized spacial score (nSPS) is 20.5. The lowest BCUT2D eigenvalue weighted by Gasteiger charge is -2.18. The third kappa shape index (κ3) is 2.97. The Labute approximate surface area is 130 Å². The average molecular weight is 337 g/mol. The fraction of sp³-hybridized carbons (Fsp3) is 0.538. The van der Waals surface area contributed by atoms with E-state index in [0.717, 1.165) is 6.42 Å². The number of rotatable bonds is 4. The van der Waals surface area contributed by atoms with Crippen LogP contribution in [0.25, 0.3) is 0 Å². The van der Waals surface area contributed by atoms with Crippen molar-refractivity contribution in [1.29, 1.82) is 0 Å². The summed E-state index contributed by atoms with van der Waals surface area (Å²) < 4.78 is 26.8. The second-order valence-corrected chi connectivity index (χ2v) is 7.82. The first-order chi connectivity index (χ1) is 9.37. The van der Waals surface area contributed by atoms with Crippen LogP contribution in [0.15, 0.2) is 17.0 Å². The molecule has 1 aromatic carbocycles. The Morgan fingerprint density at radius 3 is 2.65 bits per heavy atom. The highest BCUT2D eigenvalue weighted by Gasteiger charge is 2.32. The van der Waals surface area contributed by atoms with E-state index in [-0.39, 0.29) is 9.92 Å². The smallest absolute Gasteiger partial charge is 0.244 e. The summed E-state index contributed by atoms with van der Waals surface area (Å²) in [5.41, 5.74) is 0.615. The van der Waals surface area contributed by atoms with E-state index in [9.17, 15) is 8.42 Å². The fourth-order valence-electron chi connectivity index (χ4n) is 2.37. The summed E-state index contributed by atoms with van der Waals surface area (Å²) in [6.45, 7) is 3.56. The van der Waals surface area contributed by atoms with E-state index < -0.39 is 10.0 Å². The Kier molecular flexibility index (Phi) is 4.97. The summed E-state index contributed by atoms with van der Waals surface area (Å²) in [7, 11) is -1.78. The topological polar surface area (TPSA) is 49.4 Å². The zero-order valence-corrected chi connectivity index (χ0v) is 13.8. The van der Waals surface area contributed by atoms with Crippen LogP contribution in [0, 0.1) is 5.92 Å². The highest BCUT2D eigenvalue weighted by molar-refractivity contribution is 7.89. The number of nitrogens with one attached hydrogen (secondary N) is 1. The van der Waals surface area contributed by atoms with Gasteiger partial charge in [-0.3, -0.25) is 0 Å². The molecular weight excluding hydrogens is 319 g/mol. The van der Waals surface area contributed by atoms with Gasteiger partial charge in [-0.1, -0.05) is 30.1 Å². The lowest BCUT2D eigenvalue weighted by molar-refractivity contribution is 0.464. The first-order valence-corrected chi connectivity index (χ1v) is 8.69. The molecular formula is C13H18Cl2N2O2S. The standard InChI is InChI=1S/C13H18Cl2N2O2S/c1-9-5-6-17(8-9)20(18,19)12-4-3-11(14)10(7-16-2)13(12)15/h3-4,9,16H,5-8H2,1-2H3. The molecule has 0 bridgehead atoms. The highest BCUT2D eigenvalue weighted by Crippen LogP contribution is 2.34. The van der Waals surface area contributed by atoms with E-state index in [2.05, 4.69) is 5.32 Å². The van der Waals surface area contributed by atoms with Crippen LogP contribution in [0.1, 0.15) is 18.9 Å². The van der Waals surface area contributed by atoms with E-state index >= 15 is 0 Å². The monoisotopic (exact) mass is 336 g/mol. The Morgan fingerprint density at radius 1 is 1.40 bits per heavy atom. The molecule has 0 aromatic heterocycles. The van der Waals surface area contributed by atoms with E-state index in [0.29, 0.717) is 36.1 Å². The van der Waals surface area contributed by atoms with Crippen molar-refractivity contribution in [2.75, 3.05) is 20.1 Å². The molecule has 1 N–H and O–H groups in total. The van der Waals surface area contributed by atoms with Crippen LogP contribution in [0.5, 0.6) is 0 Å². The number of nitrogens with zero attached hydrogens (tertiary/aromatic N) is 1. The van der Waals surface area contributed by atoms with Crippen molar-refractivity contribution < 1.29 is 8.42 Å². The molecule has 2 rings (SSSR count). The van der Waals surface area contributed by atoms with Gasteiger partial charge >= 0.3 is 0 Å². The Bertz CT molecular complexity index is 605. The molecule has 112 valence electrons. The molecule has 1 fully saturated rings. The molecule has 7 heteroatoms. The number of sulfonamides is 1. The highest BCUT2D eigenvalue weighted by atomic mass is 35.5. The maximum atomic E-state index is 12.6. The minimum atomic E-state index is -3.54. The first kappa shape index (κ1) is 16.0. The molecule has 0 amide bonds. The SMILES string of the molecule is CNCc1c(Cl)ccc(S(=O)(=O)N2CCC(C)C2)c1Cl. The molecule has 20 heavy (non-hydrogen) atoms. The van der Waals surface area contributed by atoms with Gasteiger partial charge in [0.15, 0.2) is 0 Å². The van der Waals surface area contributed by atoms with E-state index in [1.54, 1.807) is 13.1 Å². The van der Waals surface area contributed by atoms with E-state index in [4.69, 9.17) is 23.2 Å². The van der Waals surface area contributed by atoms with Crippen molar-refractivity contribution in [1.82, 2.24) is 9.62 Å². The number of halogens is 2. The van der Waals surface area contributed by atoms with Crippen molar-refractivity contribution in [3.63, 3.8) is 0 Å². The van der Waals surface area contributed by atoms with E-state index in [1.807, 2.05) is 6.92 Å². The molecule has 1 unspecified atom stereocenters. The minimum absolute atomic E-state index is 0.142. The van der Waals surface area contributed by atoms with Gasteiger partial charge in [-0.25, -0.2) is 8.42 Å². The molecule has 1 saturated heterocycles. The maximum absolute atomic E-state index is 12.6. The Balaban J connectivity index is 2.44. The average Bonchev–Trinajstić information content (AvgIpc) is 2.81. The number of hydrogen-bond acceptors (Lipinski definition) is 3. The molecule has 1 aliphatic heterocycles. The van der Waals surface area contributed by atoms with Gasteiger partial charge in [0.25, 0.3) is 0 Å². The predicted octanol–water partition coefficient (Wildman–Crippen LogP) is 2.74.